The highest BCUT2D eigenvalue weighted by atomic mass is 35.5. The van der Waals surface area contributed by atoms with Crippen molar-refractivity contribution >= 4 is 45.9 Å². The lowest BCUT2D eigenvalue weighted by atomic mass is 10.1. The summed E-state index contributed by atoms with van der Waals surface area (Å²) in [6.45, 7) is 1.91. The SMILES string of the molecule is CC(Nc1cc(Cl)ccc1[N+](=O)[O-])c1csc(Cl)c1. The average Bonchev–Trinajstić information content (AvgIpc) is 2.75. The van der Waals surface area contributed by atoms with E-state index in [9.17, 15) is 10.1 Å². The van der Waals surface area contributed by atoms with Gasteiger partial charge in [-0.2, -0.15) is 0 Å². The Morgan fingerprint density at radius 3 is 2.68 bits per heavy atom. The van der Waals surface area contributed by atoms with Crippen LogP contribution >= 0.6 is 34.5 Å². The normalized spacial score (nSPS) is 12.2. The quantitative estimate of drug-likeness (QED) is 0.628. The van der Waals surface area contributed by atoms with Gasteiger partial charge in [0.1, 0.15) is 5.69 Å². The molecular formula is C12H10Cl2N2O2S. The molecule has 1 N–H and O–H groups in total. The first-order valence-corrected chi connectivity index (χ1v) is 7.05. The van der Waals surface area contributed by atoms with E-state index in [1.807, 2.05) is 18.4 Å². The second-order valence-corrected chi connectivity index (χ2v) is 5.95. The van der Waals surface area contributed by atoms with Crippen molar-refractivity contribution in [2.24, 2.45) is 0 Å². The maximum atomic E-state index is 11.0. The second-order valence-electron chi connectivity index (χ2n) is 3.97. The average molecular weight is 317 g/mol. The van der Waals surface area contributed by atoms with Gasteiger partial charge in [-0.25, -0.2) is 0 Å². The summed E-state index contributed by atoms with van der Waals surface area (Å²) in [5.74, 6) is 0. The fourth-order valence-corrected chi connectivity index (χ4v) is 2.81. The molecule has 0 radical (unpaired) electrons. The number of nitrogens with zero attached hydrogens (tertiary/aromatic N) is 1. The third-order valence-electron chi connectivity index (χ3n) is 2.62. The van der Waals surface area contributed by atoms with Crippen LogP contribution in [0.3, 0.4) is 0 Å². The van der Waals surface area contributed by atoms with Crippen molar-refractivity contribution in [2.75, 3.05) is 5.32 Å². The van der Waals surface area contributed by atoms with Crippen molar-refractivity contribution in [3.63, 3.8) is 0 Å². The Hall–Kier alpha value is -1.30. The number of nitro groups is 1. The smallest absolute Gasteiger partial charge is 0.292 e. The highest BCUT2D eigenvalue weighted by Gasteiger charge is 2.17. The molecule has 19 heavy (non-hydrogen) atoms. The number of halogens is 2. The molecule has 1 atom stereocenters. The molecule has 0 aliphatic heterocycles. The van der Waals surface area contributed by atoms with Gasteiger partial charge in [-0.05, 0) is 36.1 Å². The predicted molar refractivity (Wildman–Crippen MR) is 79.5 cm³/mol. The van der Waals surface area contributed by atoms with Gasteiger partial charge in [-0.15, -0.1) is 11.3 Å². The first kappa shape index (κ1) is 14.1. The van der Waals surface area contributed by atoms with Gasteiger partial charge in [0.25, 0.3) is 5.69 Å². The number of nitrogens with one attached hydrogen (secondary N) is 1. The summed E-state index contributed by atoms with van der Waals surface area (Å²) in [6.07, 6.45) is 0. The minimum atomic E-state index is -0.439. The molecule has 100 valence electrons. The van der Waals surface area contributed by atoms with E-state index < -0.39 is 4.92 Å². The molecule has 1 aromatic heterocycles. The largest absolute Gasteiger partial charge is 0.373 e. The van der Waals surface area contributed by atoms with Crippen molar-refractivity contribution in [3.05, 3.63) is 54.7 Å². The molecule has 1 heterocycles. The molecule has 0 bridgehead atoms. The van der Waals surface area contributed by atoms with Crippen LogP contribution in [0.15, 0.2) is 29.6 Å². The van der Waals surface area contributed by atoms with E-state index in [2.05, 4.69) is 5.32 Å². The summed E-state index contributed by atoms with van der Waals surface area (Å²) in [6, 6.07) is 6.17. The summed E-state index contributed by atoms with van der Waals surface area (Å²) < 4.78 is 0.684. The number of anilines is 1. The fourth-order valence-electron chi connectivity index (χ4n) is 1.65. The van der Waals surface area contributed by atoms with Crippen LogP contribution in [0.4, 0.5) is 11.4 Å². The van der Waals surface area contributed by atoms with E-state index in [1.54, 1.807) is 6.07 Å². The van der Waals surface area contributed by atoms with Crippen molar-refractivity contribution in [1.29, 1.82) is 0 Å². The minimum absolute atomic E-state index is 0.00224. The summed E-state index contributed by atoms with van der Waals surface area (Å²) in [5, 5.41) is 16.4. The van der Waals surface area contributed by atoms with Gasteiger partial charge in [0.15, 0.2) is 0 Å². The molecule has 0 fully saturated rings. The second kappa shape index (κ2) is 5.77. The zero-order chi connectivity index (χ0) is 14.0. The van der Waals surface area contributed by atoms with Crippen LogP contribution in [0.25, 0.3) is 0 Å². The van der Waals surface area contributed by atoms with Crippen molar-refractivity contribution in [2.45, 2.75) is 13.0 Å². The molecule has 4 nitrogen and oxygen atoms in total. The van der Waals surface area contributed by atoms with Crippen LogP contribution in [0.2, 0.25) is 9.36 Å². The monoisotopic (exact) mass is 316 g/mol. The van der Waals surface area contributed by atoms with Gasteiger partial charge in [-0.3, -0.25) is 10.1 Å². The summed E-state index contributed by atoms with van der Waals surface area (Å²) in [5.41, 5.74) is 1.37. The van der Waals surface area contributed by atoms with E-state index >= 15 is 0 Å². The number of thiophene rings is 1. The van der Waals surface area contributed by atoms with Gasteiger partial charge in [-0.1, -0.05) is 23.2 Å². The minimum Gasteiger partial charge on any atom is -0.373 e. The van der Waals surface area contributed by atoms with Crippen LogP contribution in [0, 0.1) is 10.1 Å². The van der Waals surface area contributed by atoms with Crippen molar-refractivity contribution in [3.8, 4) is 0 Å². The molecule has 0 aliphatic rings. The van der Waals surface area contributed by atoms with Crippen molar-refractivity contribution < 1.29 is 4.92 Å². The number of benzene rings is 1. The lowest BCUT2D eigenvalue weighted by Crippen LogP contribution is -2.07. The van der Waals surface area contributed by atoms with E-state index in [4.69, 9.17) is 23.2 Å². The third kappa shape index (κ3) is 3.37. The Morgan fingerprint density at radius 2 is 2.11 bits per heavy atom. The van der Waals surface area contributed by atoms with E-state index in [0.29, 0.717) is 15.0 Å². The van der Waals surface area contributed by atoms with Crippen LogP contribution in [-0.4, -0.2) is 4.92 Å². The van der Waals surface area contributed by atoms with Crippen LogP contribution in [0.5, 0.6) is 0 Å². The maximum absolute atomic E-state index is 11.0. The zero-order valence-corrected chi connectivity index (χ0v) is 12.2. The van der Waals surface area contributed by atoms with Gasteiger partial charge in [0.2, 0.25) is 0 Å². The van der Waals surface area contributed by atoms with E-state index in [-0.39, 0.29) is 11.7 Å². The Labute approximate surface area is 124 Å². The van der Waals surface area contributed by atoms with Crippen LogP contribution in [-0.2, 0) is 0 Å². The number of hydrogen-bond acceptors (Lipinski definition) is 4. The first-order valence-electron chi connectivity index (χ1n) is 5.42. The number of hydrogen-bond donors (Lipinski definition) is 1. The molecule has 2 rings (SSSR count). The summed E-state index contributed by atoms with van der Waals surface area (Å²) >= 11 is 13.2. The molecule has 0 amide bonds. The summed E-state index contributed by atoms with van der Waals surface area (Å²) in [4.78, 5) is 10.5. The first-order chi connectivity index (χ1) is 8.97. The topological polar surface area (TPSA) is 55.2 Å². The molecule has 0 saturated carbocycles. The zero-order valence-electron chi connectivity index (χ0n) is 9.89. The molecule has 0 spiro atoms. The van der Waals surface area contributed by atoms with Crippen LogP contribution < -0.4 is 5.32 Å². The molecule has 0 saturated heterocycles. The molecule has 2 aromatic rings. The molecule has 7 heteroatoms. The van der Waals surface area contributed by atoms with Crippen molar-refractivity contribution in [1.82, 2.24) is 0 Å². The number of nitro benzene ring substituents is 1. The number of rotatable bonds is 4. The summed E-state index contributed by atoms with van der Waals surface area (Å²) in [7, 11) is 0. The Morgan fingerprint density at radius 1 is 1.37 bits per heavy atom. The highest BCUT2D eigenvalue weighted by molar-refractivity contribution is 7.14. The molecule has 1 aromatic carbocycles. The molecule has 0 aliphatic carbocycles. The Kier molecular flexibility index (Phi) is 4.29. The maximum Gasteiger partial charge on any atom is 0.292 e. The van der Waals surface area contributed by atoms with E-state index in [0.717, 1.165) is 5.56 Å². The highest BCUT2D eigenvalue weighted by Crippen LogP contribution is 2.32. The Bertz CT molecular complexity index is 616. The standard InChI is InChI=1S/C12H10Cl2N2O2S/c1-7(8-4-12(14)19-6-8)15-10-5-9(13)2-3-11(10)16(17)18/h2-7,15H,1H3. The van der Waals surface area contributed by atoms with Gasteiger partial charge >= 0.3 is 0 Å². The lowest BCUT2D eigenvalue weighted by molar-refractivity contribution is -0.384. The lowest BCUT2D eigenvalue weighted by Gasteiger charge is -2.14. The Balaban J connectivity index is 2.27. The van der Waals surface area contributed by atoms with E-state index in [1.165, 1.54) is 23.5 Å². The molecule has 1 unspecified atom stereocenters. The molecular weight excluding hydrogens is 307 g/mol. The van der Waals surface area contributed by atoms with Crippen LogP contribution in [0.1, 0.15) is 18.5 Å². The fraction of sp³-hybridized carbons (Fsp3) is 0.167. The van der Waals surface area contributed by atoms with Gasteiger partial charge in [0, 0.05) is 17.1 Å². The van der Waals surface area contributed by atoms with Gasteiger partial charge < -0.3 is 5.32 Å². The third-order valence-corrected chi connectivity index (χ3v) is 3.96. The predicted octanol–water partition coefficient (Wildman–Crippen LogP) is 5.14. The van der Waals surface area contributed by atoms with Gasteiger partial charge in [0.05, 0.1) is 9.26 Å².